The van der Waals surface area contributed by atoms with E-state index in [9.17, 15) is 9.18 Å². The molecular weight excluding hydrogens is 223 g/mol. The van der Waals surface area contributed by atoms with Gasteiger partial charge in [0, 0.05) is 6.42 Å². The smallest absolute Gasteiger partial charge is 0.330 e. The molecule has 0 saturated carbocycles. The first-order chi connectivity index (χ1) is 8.20. The molecule has 6 heteroatoms. The Hall–Kier alpha value is -1.95. The summed E-state index contributed by atoms with van der Waals surface area (Å²) in [6.45, 7) is 0.547. The maximum atomic E-state index is 12.7. The van der Waals surface area contributed by atoms with Gasteiger partial charge in [0.1, 0.15) is 11.6 Å². The molecule has 5 nitrogen and oxygen atoms in total. The summed E-state index contributed by atoms with van der Waals surface area (Å²) in [4.78, 5) is 14.2. The van der Waals surface area contributed by atoms with Crippen LogP contribution in [-0.2, 0) is 6.42 Å². The second-order valence-electron chi connectivity index (χ2n) is 3.66. The standard InChI is InChI=1S/C11H13FN4O/c12-8-3-5-9(6-4-8)16-11(17)14-10(15-16)2-1-7-13/h3-6H,1-2,7,13H2,(H,14,15,17). The zero-order chi connectivity index (χ0) is 12.3. The van der Waals surface area contributed by atoms with Crippen LogP contribution in [0.5, 0.6) is 0 Å². The fourth-order valence-electron chi connectivity index (χ4n) is 1.51. The van der Waals surface area contributed by atoms with Crippen molar-refractivity contribution in [3.05, 3.63) is 46.4 Å². The molecule has 0 aliphatic rings. The normalized spacial score (nSPS) is 10.7. The predicted octanol–water partition coefficient (Wildman–Crippen LogP) is 0.591. The van der Waals surface area contributed by atoms with Crippen LogP contribution in [0.4, 0.5) is 4.39 Å². The maximum absolute atomic E-state index is 12.7. The van der Waals surface area contributed by atoms with Crippen LogP contribution in [0.15, 0.2) is 29.1 Å². The van der Waals surface area contributed by atoms with Crippen LogP contribution in [-0.4, -0.2) is 21.3 Å². The van der Waals surface area contributed by atoms with E-state index in [4.69, 9.17) is 5.73 Å². The van der Waals surface area contributed by atoms with E-state index in [0.29, 0.717) is 24.5 Å². The summed E-state index contributed by atoms with van der Waals surface area (Å²) in [5.41, 5.74) is 5.58. The number of rotatable bonds is 4. The number of halogens is 1. The van der Waals surface area contributed by atoms with Crippen LogP contribution in [0, 0.1) is 5.82 Å². The van der Waals surface area contributed by atoms with Gasteiger partial charge in [-0.3, -0.25) is 4.98 Å². The molecule has 1 aromatic carbocycles. The van der Waals surface area contributed by atoms with Crippen molar-refractivity contribution in [2.75, 3.05) is 6.54 Å². The van der Waals surface area contributed by atoms with Gasteiger partial charge in [0.15, 0.2) is 0 Å². The van der Waals surface area contributed by atoms with Gasteiger partial charge in [-0.2, -0.15) is 9.78 Å². The average Bonchev–Trinajstić information content (AvgIpc) is 2.69. The van der Waals surface area contributed by atoms with Gasteiger partial charge < -0.3 is 5.73 Å². The molecule has 0 bridgehead atoms. The molecule has 1 aromatic heterocycles. The van der Waals surface area contributed by atoms with E-state index in [1.807, 2.05) is 0 Å². The SMILES string of the molecule is NCCCc1nn(-c2ccc(F)cc2)c(=O)[nH]1. The van der Waals surface area contributed by atoms with Crippen LogP contribution in [0.25, 0.3) is 5.69 Å². The minimum absolute atomic E-state index is 0.330. The highest BCUT2D eigenvalue weighted by molar-refractivity contribution is 5.30. The zero-order valence-corrected chi connectivity index (χ0v) is 9.19. The zero-order valence-electron chi connectivity index (χ0n) is 9.19. The molecule has 0 spiro atoms. The minimum atomic E-state index is -0.347. The lowest BCUT2D eigenvalue weighted by Crippen LogP contribution is -2.15. The number of nitrogens with zero attached hydrogens (tertiary/aromatic N) is 2. The number of H-pyrrole nitrogens is 1. The summed E-state index contributed by atoms with van der Waals surface area (Å²) in [5, 5.41) is 4.12. The van der Waals surface area contributed by atoms with Crippen LogP contribution in [0.2, 0.25) is 0 Å². The van der Waals surface area contributed by atoms with Gasteiger partial charge in [-0.15, -0.1) is 0 Å². The molecule has 0 atom stereocenters. The van der Waals surface area contributed by atoms with Crippen LogP contribution in [0.3, 0.4) is 0 Å². The van der Waals surface area contributed by atoms with Crippen molar-refractivity contribution in [1.82, 2.24) is 14.8 Å². The minimum Gasteiger partial charge on any atom is -0.330 e. The first-order valence-corrected chi connectivity index (χ1v) is 5.35. The number of hydrogen-bond donors (Lipinski definition) is 2. The fraction of sp³-hybridized carbons (Fsp3) is 0.273. The molecule has 1 heterocycles. The monoisotopic (exact) mass is 236 g/mol. The van der Waals surface area contributed by atoms with Gasteiger partial charge in [0.05, 0.1) is 5.69 Å². The Balaban J connectivity index is 2.29. The number of benzene rings is 1. The molecule has 0 fully saturated rings. The molecule has 0 radical (unpaired) electrons. The Morgan fingerprint density at radius 2 is 2.06 bits per heavy atom. The van der Waals surface area contributed by atoms with Gasteiger partial charge in [-0.05, 0) is 37.2 Å². The molecule has 0 saturated heterocycles. The Morgan fingerprint density at radius 3 is 2.71 bits per heavy atom. The lowest BCUT2D eigenvalue weighted by Gasteiger charge is -1.98. The summed E-state index contributed by atoms with van der Waals surface area (Å²) in [7, 11) is 0. The second-order valence-corrected chi connectivity index (χ2v) is 3.66. The summed E-state index contributed by atoms with van der Waals surface area (Å²) >= 11 is 0. The third-order valence-electron chi connectivity index (χ3n) is 2.35. The molecule has 0 aliphatic carbocycles. The van der Waals surface area contributed by atoms with E-state index >= 15 is 0 Å². The molecule has 2 rings (SSSR count). The Kier molecular flexibility index (Phi) is 3.34. The van der Waals surface area contributed by atoms with Crippen LogP contribution in [0.1, 0.15) is 12.2 Å². The lowest BCUT2D eigenvalue weighted by atomic mass is 10.3. The van der Waals surface area contributed by atoms with Crippen molar-refractivity contribution in [3.63, 3.8) is 0 Å². The summed E-state index contributed by atoms with van der Waals surface area (Å²) < 4.78 is 14.0. The average molecular weight is 236 g/mol. The quantitative estimate of drug-likeness (QED) is 0.815. The fourth-order valence-corrected chi connectivity index (χ4v) is 1.51. The Bertz CT molecular complexity index is 543. The number of nitrogens with one attached hydrogen (secondary N) is 1. The third kappa shape index (κ3) is 2.59. The van der Waals surface area contributed by atoms with Gasteiger partial charge in [0.25, 0.3) is 0 Å². The van der Waals surface area contributed by atoms with E-state index in [2.05, 4.69) is 10.1 Å². The highest BCUT2D eigenvalue weighted by Crippen LogP contribution is 2.05. The number of aryl methyl sites for hydroxylation is 1. The molecule has 0 unspecified atom stereocenters. The molecule has 0 aliphatic heterocycles. The third-order valence-corrected chi connectivity index (χ3v) is 2.35. The summed E-state index contributed by atoms with van der Waals surface area (Å²) in [5.74, 6) is 0.241. The maximum Gasteiger partial charge on any atom is 0.348 e. The highest BCUT2D eigenvalue weighted by atomic mass is 19.1. The van der Waals surface area contributed by atoms with Gasteiger partial charge >= 0.3 is 5.69 Å². The van der Waals surface area contributed by atoms with E-state index in [1.165, 1.54) is 28.9 Å². The van der Waals surface area contributed by atoms with E-state index < -0.39 is 0 Å². The Morgan fingerprint density at radius 1 is 1.35 bits per heavy atom. The van der Waals surface area contributed by atoms with Crippen molar-refractivity contribution in [2.24, 2.45) is 5.73 Å². The largest absolute Gasteiger partial charge is 0.348 e. The first kappa shape index (κ1) is 11.5. The molecule has 17 heavy (non-hydrogen) atoms. The lowest BCUT2D eigenvalue weighted by molar-refractivity contribution is 0.626. The number of aromatic amines is 1. The Labute approximate surface area is 97.1 Å². The van der Waals surface area contributed by atoms with E-state index in [-0.39, 0.29) is 11.5 Å². The summed E-state index contributed by atoms with van der Waals surface area (Å²) in [6, 6.07) is 5.58. The second kappa shape index (κ2) is 4.92. The first-order valence-electron chi connectivity index (χ1n) is 5.35. The van der Waals surface area contributed by atoms with Crippen molar-refractivity contribution in [2.45, 2.75) is 12.8 Å². The molecule has 3 N–H and O–H groups in total. The van der Waals surface area contributed by atoms with E-state index in [0.717, 1.165) is 6.42 Å². The van der Waals surface area contributed by atoms with E-state index in [1.54, 1.807) is 0 Å². The van der Waals surface area contributed by atoms with Gasteiger partial charge in [-0.1, -0.05) is 0 Å². The topological polar surface area (TPSA) is 76.7 Å². The van der Waals surface area contributed by atoms with Crippen molar-refractivity contribution in [1.29, 1.82) is 0 Å². The molecule has 2 aromatic rings. The molecule has 0 amide bonds. The predicted molar refractivity (Wildman–Crippen MR) is 61.5 cm³/mol. The molecular formula is C11H13FN4O. The van der Waals surface area contributed by atoms with Crippen molar-refractivity contribution < 1.29 is 4.39 Å². The highest BCUT2D eigenvalue weighted by Gasteiger charge is 2.06. The van der Waals surface area contributed by atoms with Crippen LogP contribution < -0.4 is 11.4 Å². The molecule has 90 valence electrons. The number of nitrogens with two attached hydrogens (primary N) is 1. The van der Waals surface area contributed by atoms with Gasteiger partial charge in [0.2, 0.25) is 0 Å². The van der Waals surface area contributed by atoms with Gasteiger partial charge in [-0.25, -0.2) is 9.18 Å². The number of aromatic nitrogens is 3. The van der Waals surface area contributed by atoms with Crippen LogP contribution >= 0.6 is 0 Å². The van der Waals surface area contributed by atoms with Crippen molar-refractivity contribution >= 4 is 0 Å². The van der Waals surface area contributed by atoms with Crippen molar-refractivity contribution in [3.8, 4) is 5.69 Å². The summed E-state index contributed by atoms with van der Waals surface area (Å²) in [6.07, 6.45) is 1.39. The number of hydrogen-bond acceptors (Lipinski definition) is 3.